The monoisotopic (exact) mass is 167 g/mol. The lowest BCUT2D eigenvalue weighted by atomic mass is 10.3. The molecule has 0 saturated heterocycles. The molecule has 1 amide bonds. The van der Waals surface area contributed by atoms with Crippen molar-refractivity contribution in [1.29, 1.82) is 0 Å². The highest BCUT2D eigenvalue weighted by atomic mass is 16.2. The number of amides is 1. The van der Waals surface area contributed by atoms with Gasteiger partial charge in [0.2, 0.25) is 5.91 Å². The minimum absolute atomic E-state index is 0.0295. The van der Waals surface area contributed by atoms with Crippen molar-refractivity contribution < 1.29 is 4.79 Å². The van der Waals surface area contributed by atoms with Gasteiger partial charge in [-0.3, -0.25) is 9.48 Å². The first-order valence-corrected chi connectivity index (χ1v) is 3.87. The average Bonchev–Trinajstić information content (AvgIpc) is 2.49. The lowest BCUT2D eigenvalue weighted by molar-refractivity contribution is -0.123. The number of hydrogen-bond acceptors (Lipinski definition) is 2. The van der Waals surface area contributed by atoms with Crippen LogP contribution in [0.15, 0.2) is 12.4 Å². The Morgan fingerprint density at radius 1 is 1.75 bits per heavy atom. The van der Waals surface area contributed by atoms with E-state index in [1.54, 1.807) is 17.9 Å². The molecule has 12 heavy (non-hydrogen) atoms. The molecule has 1 aromatic heterocycles. The molecule has 0 aliphatic rings. The predicted molar refractivity (Wildman–Crippen MR) is 45.7 cm³/mol. The van der Waals surface area contributed by atoms with Crippen molar-refractivity contribution in [2.45, 2.75) is 19.9 Å². The highest BCUT2D eigenvalue weighted by Gasteiger charge is 2.12. The molecule has 4 heteroatoms. The minimum Gasteiger partial charge on any atom is -0.357 e. The number of likely N-dealkylation sites (N-methyl/N-ethyl adjacent to an activating group) is 1. The van der Waals surface area contributed by atoms with Crippen LogP contribution < -0.4 is 5.32 Å². The van der Waals surface area contributed by atoms with Gasteiger partial charge in [-0.2, -0.15) is 5.10 Å². The van der Waals surface area contributed by atoms with Gasteiger partial charge < -0.3 is 5.32 Å². The molecule has 1 heterocycles. The van der Waals surface area contributed by atoms with Crippen molar-refractivity contribution in [2.24, 2.45) is 0 Å². The van der Waals surface area contributed by atoms with Crippen molar-refractivity contribution in [3.05, 3.63) is 18.0 Å². The Kier molecular flexibility index (Phi) is 2.47. The quantitative estimate of drug-likeness (QED) is 0.697. The predicted octanol–water partition coefficient (Wildman–Crippen LogP) is 0.499. The molecule has 0 radical (unpaired) electrons. The van der Waals surface area contributed by atoms with E-state index in [-0.39, 0.29) is 11.9 Å². The maximum Gasteiger partial charge on any atom is 0.244 e. The minimum atomic E-state index is -0.233. The Labute approximate surface area is 71.6 Å². The van der Waals surface area contributed by atoms with Gasteiger partial charge in [0, 0.05) is 13.2 Å². The third-order valence-corrected chi connectivity index (χ3v) is 1.75. The second-order valence-electron chi connectivity index (χ2n) is 2.79. The molecule has 0 aromatic carbocycles. The van der Waals surface area contributed by atoms with Crippen LogP contribution >= 0.6 is 0 Å². The Balaban J connectivity index is 2.77. The summed E-state index contributed by atoms with van der Waals surface area (Å²) in [6, 6.07) is -0.233. The third kappa shape index (κ3) is 1.64. The third-order valence-electron chi connectivity index (χ3n) is 1.75. The van der Waals surface area contributed by atoms with Crippen LogP contribution in [0.3, 0.4) is 0 Å². The van der Waals surface area contributed by atoms with Crippen LogP contribution in [0, 0.1) is 6.92 Å². The van der Waals surface area contributed by atoms with E-state index in [1.807, 2.05) is 20.0 Å². The van der Waals surface area contributed by atoms with E-state index in [0.717, 1.165) is 5.56 Å². The molecule has 0 fully saturated rings. The number of aromatic nitrogens is 2. The highest BCUT2D eigenvalue weighted by Crippen LogP contribution is 2.04. The van der Waals surface area contributed by atoms with Gasteiger partial charge in [-0.15, -0.1) is 0 Å². The van der Waals surface area contributed by atoms with E-state index in [9.17, 15) is 4.79 Å². The van der Waals surface area contributed by atoms with Gasteiger partial charge in [-0.05, 0) is 19.4 Å². The first-order chi connectivity index (χ1) is 5.65. The van der Waals surface area contributed by atoms with Crippen LogP contribution in [-0.4, -0.2) is 22.7 Å². The summed E-state index contributed by atoms with van der Waals surface area (Å²) in [5.74, 6) is -0.0295. The second kappa shape index (κ2) is 3.38. The average molecular weight is 167 g/mol. The molecular formula is C8H13N3O. The summed E-state index contributed by atoms with van der Waals surface area (Å²) >= 11 is 0. The van der Waals surface area contributed by atoms with Crippen molar-refractivity contribution in [2.75, 3.05) is 7.05 Å². The van der Waals surface area contributed by atoms with Crippen molar-refractivity contribution in [3.63, 3.8) is 0 Å². The van der Waals surface area contributed by atoms with Crippen LogP contribution in [-0.2, 0) is 4.79 Å². The number of aryl methyl sites for hydroxylation is 1. The van der Waals surface area contributed by atoms with Crippen LogP contribution in [0.2, 0.25) is 0 Å². The van der Waals surface area contributed by atoms with Gasteiger partial charge in [0.15, 0.2) is 0 Å². The summed E-state index contributed by atoms with van der Waals surface area (Å²) in [5, 5.41) is 6.61. The first-order valence-electron chi connectivity index (χ1n) is 3.87. The highest BCUT2D eigenvalue weighted by molar-refractivity contribution is 5.79. The molecule has 0 saturated carbocycles. The molecule has 0 bridgehead atoms. The zero-order valence-electron chi connectivity index (χ0n) is 7.53. The largest absolute Gasteiger partial charge is 0.357 e. The van der Waals surface area contributed by atoms with Crippen molar-refractivity contribution in [3.8, 4) is 0 Å². The fraction of sp³-hybridized carbons (Fsp3) is 0.500. The molecule has 1 N–H and O–H groups in total. The number of carbonyl (C=O) groups excluding carboxylic acids is 1. The van der Waals surface area contributed by atoms with E-state index in [0.29, 0.717) is 0 Å². The van der Waals surface area contributed by atoms with Gasteiger partial charge in [0.25, 0.3) is 0 Å². The molecule has 4 nitrogen and oxygen atoms in total. The second-order valence-corrected chi connectivity index (χ2v) is 2.79. The van der Waals surface area contributed by atoms with E-state index < -0.39 is 0 Å². The standard InChI is InChI=1S/C8H13N3O/c1-6-4-10-11(5-6)7(2)8(12)9-3/h4-5,7H,1-3H3,(H,9,12). The van der Waals surface area contributed by atoms with Crippen LogP contribution in [0.1, 0.15) is 18.5 Å². The Hall–Kier alpha value is -1.32. The molecule has 1 rings (SSSR count). The Bertz CT molecular complexity index is 280. The zero-order valence-corrected chi connectivity index (χ0v) is 7.53. The molecule has 0 aliphatic heterocycles. The van der Waals surface area contributed by atoms with Crippen LogP contribution in [0.4, 0.5) is 0 Å². The van der Waals surface area contributed by atoms with E-state index in [2.05, 4.69) is 10.4 Å². The zero-order chi connectivity index (χ0) is 9.14. The van der Waals surface area contributed by atoms with Gasteiger partial charge in [-0.1, -0.05) is 0 Å². The summed E-state index contributed by atoms with van der Waals surface area (Å²) in [4.78, 5) is 11.1. The summed E-state index contributed by atoms with van der Waals surface area (Å²) in [6.07, 6.45) is 3.58. The van der Waals surface area contributed by atoms with Crippen molar-refractivity contribution >= 4 is 5.91 Å². The lowest BCUT2D eigenvalue weighted by Gasteiger charge is -2.09. The first kappa shape index (κ1) is 8.77. The maximum absolute atomic E-state index is 11.1. The molecular weight excluding hydrogens is 154 g/mol. The smallest absolute Gasteiger partial charge is 0.244 e. The van der Waals surface area contributed by atoms with Crippen molar-refractivity contribution in [1.82, 2.24) is 15.1 Å². The molecule has 66 valence electrons. The lowest BCUT2D eigenvalue weighted by Crippen LogP contribution is -2.27. The van der Waals surface area contributed by atoms with Gasteiger partial charge in [0.1, 0.15) is 6.04 Å². The Morgan fingerprint density at radius 3 is 2.83 bits per heavy atom. The number of carbonyl (C=O) groups is 1. The molecule has 0 aliphatic carbocycles. The normalized spacial score (nSPS) is 12.6. The Morgan fingerprint density at radius 2 is 2.42 bits per heavy atom. The number of nitrogens with one attached hydrogen (secondary N) is 1. The molecule has 1 aromatic rings. The molecule has 0 spiro atoms. The van der Waals surface area contributed by atoms with Gasteiger partial charge in [-0.25, -0.2) is 0 Å². The van der Waals surface area contributed by atoms with Crippen LogP contribution in [0.5, 0.6) is 0 Å². The SMILES string of the molecule is CNC(=O)C(C)n1cc(C)cn1. The number of nitrogens with zero attached hydrogens (tertiary/aromatic N) is 2. The fourth-order valence-corrected chi connectivity index (χ4v) is 0.974. The number of hydrogen-bond donors (Lipinski definition) is 1. The van der Waals surface area contributed by atoms with E-state index in [1.165, 1.54) is 0 Å². The van der Waals surface area contributed by atoms with Gasteiger partial charge in [0.05, 0.1) is 6.20 Å². The maximum atomic E-state index is 11.1. The number of rotatable bonds is 2. The van der Waals surface area contributed by atoms with Gasteiger partial charge >= 0.3 is 0 Å². The van der Waals surface area contributed by atoms with Crippen LogP contribution in [0.25, 0.3) is 0 Å². The summed E-state index contributed by atoms with van der Waals surface area (Å²) in [7, 11) is 1.62. The van der Waals surface area contributed by atoms with E-state index >= 15 is 0 Å². The summed E-state index contributed by atoms with van der Waals surface area (Å²) in [6.45, 7) is 3.76. The topological polar surface area (TPSA) is 46.9 Å². The molecule has 1 unspecified atom stereocenters. The summed E-state index contributed by atoms with van der Waals surface area (Å²) in [5.41, 5.74) is 1.06. The fourth-order valence-electron chi connectivity index (χ4n) is 0.974. The summed E-state index contributed by atoms with van der Waals surface area (Å²) < 4.78 is 1.65. The molecule has 1 atom stereocenters. The van der Waals surface area contributed by atoms with E-state index in [4.69, 9.17) is 0 Å².